The molecule has 0 bridgehead atoms. The van der Waals surface area contributed by atoms with Gasteiger partial charge in [-0.05, 0) is 11.6 Å². The van der Waals surface area contributed by atoms with Crippen molar-refractivity contribution in [1.82, 2.24) is 4.81 Å². The highest BCUT2D eigenvalue weighted by Crippen LogP contribution is 2.12. The molecular weight excluding hydrogens is 137 g/mol. The van der Waals surface area contributed by atoms with E-state index in [0.29, 0.717) is 0 Å². The molecule has 1 aliphatic rings. The standard InChI is InChI=1S/C4H6BNO2S/c7-4(8)5-6-1-2-9-3-6/h1-2,5H,3H2,(H,7,8). The first-order chi connectivity index (χ1) is 4.29. The van der Waals surface area contributed by atoms with Crippen LogP contribution in [0.25, 0.3) is 0 Å². The number of carboxylic acid groups (broad SMARTS) is 1. The van der Waals surface area contributed by atoms with Gasteiger partial charge in [-0.25, -0.2) is 0 Å². The molecule has 0 radical (unpaired) electrons. The average molecular weight is 143 g/mol. The molecule has 0 aliphatic carbocycles. The van der Waals surface area contributed by atoms with E-state index < -0.39 is 5.87 Å². The smallest absolute Gasteiger partial charge is 0.370 e. The predicted molar refractivity (Wildman–Crippen MR) is 38.6 cm³/mol. The molecule has 0 spiro atoms. The molecule has 0 unspecified atom stereocenters. The number of thioether (sulfide) groups is 1. The van der Waals surface area contributed by atoms with Crippen LogP contribution in [0.3, 0.4) is 0 Å². The molecule has 0 saturated heterocycles. The first-order valence-corrected chi connectivity index (χ1v) is 3.58. The molecule has 48 valence electrons. The molecule has 1 heterocycles. The van der Waals surface area contributed by atoms with Crippen molar-refractivity contribution in [2.24, 2.45) is 0 Å². The van der Waals surface area contributed by atoms with E-state index in [-0.39, 0.29) is 7.41 Å². The third-order valence-electron chi connectivity index (χ3n) is 0.947. The summed E-state index contributed by atoms with van der Waals surface area (Å²) in [5.41, 5.74) is 0. The highest BCUT2D eigenvalue weighted by Gasteiger charge is 2.10. The second-order valence-corrected chi connectivity index (χ2v) is 2.59. The van der Waals surface area contributed by atoms with Crippen molar-refractivity contribution in [1.29, 1.82) is 0 Å². The summed E-state index contributed by atoms with van der Waals surface area (Å²) in [4.78, 5) is 11.8. The highest BCUT2D eigenvalue weighted by molar-refractivity contribution is 8.02. The van der Waals surface area contributed by atoms with Gasteiger partial charge in [0.2, 0.25) is 0 Å². The lowest BCUT2D eigenvalue weighted by atomic mass is 9.94. The Balaban J connectivity index is 2.28. The van der Waals surface area contributed by atoms with Crippen LogP contribution in [0, 0.1) is 0 Å². The van der Waals surface area contributed by atoms with Crippen molar-refractivity contribution in [2.45, 2.75) is 0 Å². The Bertz CT molecular complexity index is 150. The Labute approximate surface area is 58.0 Å². The van der Waals surface area contributed by atoms with Gasteiger partial charge in [-0.3, -0.25) is 4.79 Å². The molecule has 0 saturated carbocycles. The molecular formula is C4H6BNO2S. The van der Waals surface area contributed by atoms with Gasteiger partial charge in [0.25, 0.3) is 5.87 Å². The number of rotatable bonds is 2. The fourth-order valence-corrected chi connectivity index (χ4v) is 1.30. The summed E-state index contributed by atoms with van der Waals surface area (Å²) >= 11 is 1.61. The van der Waals surface area contributed by atoms with Crippen LogP contribution in [0.4, 0.5) is 4.79 Å². The monoisotopic (exact) mass is 143 g/mol. The van der Waals surface area contributed by atoms with Crippen LogP contribution in [-0.4, -0.2) is 29.1 Å². The topological polar surface area (TPSA) is 40.5 Å². The lowest BCUT2D eigenvalue weighted by Gasteiger charge is -2.07. The van der Waals surface area contributed by atoms with Crippen LogP contribution in [0.5, 0.6) is 0 Å². The second kappa shape index (κ2) is 2.82. The Morgan fingerprint density at radius 1 is 1.89 bits per heavy atom. The zero-order chi connectivity index (χ0) is 6.69. The van der Waals surface area contributed by atoms with Gasteiger partial charge in [0.15, 0.2) is 0 Å². The second-order valence-electron chi connectivity index (χ2n) is 1.72. The minimum atomic E-state index is -0.776. The van der Waals surface area contributed by atoms with Crippen LogP contribution >= 0.6 is 11.8 Å². The zero-order valence-corrected chi connectivity index (χ0v) is 5.60. The molecule has 0 aromatic heterocycles. The normalized spacial score (nSPS) is 16.2. The van der Waals surface area contributed by atoms with Crippen LogP contribution in [-0.2, 0) is 0 Å². The summed E-state index contributed by atoms with van der Waals surface area (Å²) in [5, 5.41) is 10.2. The van der Waals surface area contributed by atoms with E-state index in [1.54, 1.807) is 22.8 Å². The van der Waals surface area contributed by atoms with Crippen LogP contribution in [0.2, 0.25) is 0 Å². The number of hydrogen-bond donors (Lipinski definition) is 1. The third kappa shape index (κ3) is 2.01. The Morgan fingerprint density at radius 2 is 2.67 bits per heavy atom. The van der Waals surface area contributed by atoms with E-state index in [0.717, 1.165) is 5.88 Å². The Hall–Kier alpha value is -0.575. The summed E-state index contributed by atoms with van der Waals surface area (Å²) in [6.07, 6.45) is 1.79. The van der Waals surface area contributed by atoms with Gasteiger partial charge in [0.1, 0.15) is 0 Å². The molecule has 5 heteroatoms. The Kier molecular flexibility index (Phi) is 2.05. The van der Waals surface area contributed by atoms with Crippen LogP contribution in [0.15, 0.2) is 11.6 Å². The van der Waals surface area contributed by atoms with Crippen LogP contribution in [0.1, 0.15) is 0 Å². The molecule has 9 heavy (non-hydrogen) atoms. The summed E-state index contributed by atoms with van der Waals surface area (Å²) in [6.45, 7) is 0. The summed E-state index contributed by atoms with van der Waals surface area (Å²) < 4.78 is 0. The molecule has 0 atom stereocenters. The number of hydrogen-bond acceptors (Lipinski definition) is 3. The van der Waals surface area contributed by atoms with E-state index in [1.165, 1.54) is 0 Å². The maximum Gasteiger partial charge on any atom is 0.370 e. The minimum absolute atomic E-state index is 0.115. The van der Waals surface area contributed by atoms with E-state index in [4.69, 9.17) is 5.11 Å². The van der Waals surface area contributed by atoms with Gasteiger partial charge in [0.05, 0.1) is 5.88 Å². The van der Waals surface area contributed by atoms with Gasteiger partial charge in [0, 0.05) is 0 Å². The van der Waals surface area contributed by atoms with E-state index in [1.807, 2.05) is 5.41 Å². The van der Waals surface area contributed by atoms with Crippen molar-refractivity contribution in [2.75, 3.05) is 5.88 Å². The highest BCUT2D eigenvalue weighted by atomic mass is 32.2. The van der Waals surface area contributed by atoms with Crippen molar-refractivity contribution in [3.8, 4) is 0 Å². The molecule has 0 fully saturated rings. The maximum atomic E-state index is 10.1. The van der Waals surface area contributed by atoms with E-state index in [9.17, 15) is 4.79 Å². The van der Waals surface area contributed by atoms with Crippen molar-refractivity contribution >= 4 is 25.0 Å². The van der Waals surface area contributed by atoms with Crippen molar-refractivity contribution < 1.29 is 9.90 Å². The summed E-state index contributed by atoms with van der Waals surface area (Å²) in [6, 6.07) is 0. The average Bonchev–Trinajstić information content (AvgIpc) is 2.15. The number of nitrogens with zero attached hydrogens (tertiary/aromatic N) is 1. The minimum Gasteiger partial charge on any atom is -0.488 e. The third-order valence-corrected chi connectivity index (χ3v) is 1.74. The quantitative estimate of drug-likeness (QED) is 0.571. The fourth-order valence-electron chi connectivity index (χ4n) is 0.583. The van der Waals surface area contributed by atoms with Gasteiger partial charge in [-0.15, -0.1) is 11.8 Å². The molecule has 0 aromatic rings. The van der Waals surface area contributed by atoms with Gasteiger partial charge >= 0.3 is 7.41 Å². The van der Waals surface area contributed by atoms with E-state index in [2.05, 4.69) is 0 Å². The first kappa shape index (κ1) is 6.54. The summed E-state index contributed by atoms with van der Waals surface area (Å²) in [5.74, 6) is -0.00565. The van der Waals surface area contributed by atoms with Gasteiger partial charge in [-0.1, -0.05) is 0 Å². The molecule has 0 amide bonds. The molecule has 3 nitrogen and oxygen atoms in total. The summed E-state index contributed by atoms with van der Waals surface area (Å²) in [7, 11) is 0.115. The van der Waals surface area contributed by atoms with Crippen molar-refractivity contribution in [3.05, 3.63) is 11.6 Å². The molecule has 1 rings (SSSR count). The molecule has 0 aromatic carbocycles. The zero-order valence-electron chi connectivity index (χ0n) is 4.78. The SMILES string of the molecule is O=C(O)BN1C=CSC1. The van der Waals surface area contributed by atoms with E-state index >= 15 is 0 Å². The van der Waals surface area contributed by atoms with Gasteiger partial charge < -0.3 is 9.92 Å². The fraction of sp³-hybridized carbons (Fsp3) is 0.250. The maximum absolute atomic E-state index is 10.1. The Morgan fingerprint density at radius 3 is 3.11 bits per heavy atom. The molecule has 1 N–H and O–H groups in total. The lowest BCUT2D eigenvalue weighted by molar-refractivity contribution is 0.218. The van der Waals surface area contributed by atoms with Gasteiger partial charge in [-0.2, -0.15) is 0 Å². The first-order valence-electron chi connectivity index (χ1n) is 2.53. The van der Waals surface area contributed by atoms with Crippen LogP contribution < -0.4 is 0 Å². The van der Waals surface area contributed by atoms with Crippen molar-refractivity contribution in [3.63, 3.8) is 0 Å². The lowest BCUT2D eigenvalue weighted by Crippen LogP contribution is -2.25. The largest absolute Gasteiger partial charge is 0.488 e. The number of carbonyl (C=O) groups is 1. The molecule has 1 aliphatic heterocycles. The predicted octanol–water partition coefficient (Wildman–Crippen LogP) is 0.493.